The zero-order chi connectivity index (χ0) is 24.7. The largest absolute Gasteiger partial charge is 0.483 e. The Hall–Kier alpha value is -3.33. The third kappa shape index (κ3) is 4.77. The minimum Gasteiger partial charge on any atom is -0.483 e. The van der Waals surface area contributed by atoms with E-state index in [1.807, 2.05) is 13.0 Å². The van der Waals surface area contributed by atoms with Crippen molar-refractivity contribution in [3.8, 4) is 11.8 Å². The van der Waals surface area contributed by atoms with Crippen LogP contribution in [0.25, 0.3) is 10.9 Å². The molecule has 0 amide bonds. The fourth-order valence-corrected chi connectivity index (χ4v) is 5.05. The Morgan fingerprint density at radius 1 is 1.20 bits per heavy atom. The molecule has 0 unspecified atom stereocenters. The number of aryl methyl sites for hydroxylation is 1. The average molecular weight is 498 g/mol. The lowest BCUT2D eigenvalue weighted by Gasteiger charge is -2.21. The summed E-state index contributed by atoms with van der Waals surface area (Å²) >= 11 is 0. The highest BCUT2D eigenvalue weighted by Crippen LogP contribution is 2.37. The number of benzene rings is 2. The summed E-state index contributed by atoms with van der Waals surface area (Å²) in [6.45, 7) is 2.42. The number of nitrogens with zero attached hydrogens (tertiary/aromatic N) is 4. The number of nitrogens with one attached hydrogen (secondary N) is 1. The van der Waals surface area contributed by atoms with E-state index >= 15 is 0 Å². The molecule has 2 aliphatic heterocycles. The lowest BCUT2D eigenvalue weighted by Crippen LogP contribution is -2.33. The van der Waals surface area contributed by atoms with Crippen molar-refractivity contribution in [2.75, 3.05) is 31.0 Å². The maximum atomic E-state index is 14.2. The number of nitriles is 1. The first-order valence-electron chi connectivity index (χ1n) is 11.0. The Kier molecular flexibility index (Phi) is 6.04. The summed E-state index contributed by atoms with van der Waals surface area (Å²) in [7, 11) is -2.33. The van der Waals surface area contributed by atoms with E-state index < -0.39 is 27.8 Å². The Bertz CT molecular complexity index is 1460. The van der Waals surface area contributed by atoms with Crippen LogP contribution in [-0.4, -0.2) is 58.2 Å². The predicted molar refractivity (Wildman–Crippen MR) is 129 cm³/mol. The van der Waals surface area contributed by atoms with Gasteiger partial charge in [0.25, 0.3) is 0 Å². The van der Waals surface area contributed by atoms with Crippen LogP contribution in [0, 0.1) is 30.0 Å². The van der Waals surface area contributed by atoms with Gasteiger partial charge in [-0.05, 0) is 36.8 Å². The van der Waals surface area contributed by atoms with Gasteiger partial charge in [-0.15, -0.1) is 0 Å². The number of rotatable bonds is 5. The van der Waals surface area contributed by atoms with Crippen LogP contribution in [0.4, 0.5) is 21.6 Å². The zero-order valence-corrected chi connectivity index (χ0v) is 20.2. The highest BCUT2D eigenvalue weighted by molar-refractivity contribution is 7.92. The zero-order valence-electron chi connectivity index (χ0n) is 19.4. The van der Waals surface area contributed by atoms with Crippen LogP contribution in [0.2, 0.25) is 0 Å². The van der Waals surface area contributed by atoms with Crippen molar-refractivity contribution >= 4 is 37.8 Å². The van der Waals surface area contributed by atoms with Gasteiger partial charge in [-0.25, -0.2) is 18.6 Å². The summed E-state index contributed by atoms with van der Waals surface area (Å²) in [4.78, 5) is 8.74. The maximum absolute atomic E-state index is 14.2. The maximum Gasteiger partial charge on any atom is 0.151 e. The van der Waals surface area contributed by atoms with Crippen molar-refractivity contribution in [1.82, 2.24) is 9.97 Å². The van der Waals surface area contributed by atoms with Gasteiger partial charge in [-0.1, -0.05) is 0 Å². The number of ether oxygens (including phenoxy) is 3. The normalized spacial score (nSPS) is 23.6. The second-order valence-corrected chi connectivity index (χ2v) is 11.5. The summed E-state index contributed by atoms with van der Waals surface area (Å²) in [5.41, 5.74) is 2.54. The van der Waals surface area contributed by atoms with E-state index in [-0.39, 0.29) is 31.0 Å². The first kappa shape index (κ1) is 23.4. The summed E-state index contributed by atoms with van der Waals surface area (Å²) in [5.74, 6) is -0.0251. The van der Waals surface area contributed by atoms with E-state index in [2.05, 4.69) is 25.7 Å². The number of hydrogen-bond acceptors (Lipinski definition) is 9. The topological polar surface area (TPSA) is 119 Å². The predicted octanol–water partition coefficient (Wildman–Crippen LogP) is 3.86. The molecule has 2 aliphatic rings. The molecule has 2 saturated heterocycles. The van der Waals surface area contributed by atoms with Gasteiger partial charge in [0.2, 0.25) is 0 Å². The molecule has 0 saturated carbocycles. The first-order valence-corrected chi connectivity index (χ1v) is 13.3. The van der Waals surface area contributed by atoms with Gasteiger partial charge >= 0.3 is 0 Å². The molecule has 0 aliphatic carbocycles. The Balaban J connectivity index is 1.47. The van der Waals surface area contributed by atoms with E-state index in [4.69, 9.17) is 14.2 Å². The minimum absolute atomic E-state index is 0.239. The van der Waals surface area contributed by atoms with Crippen LogP contribution < -0.4 is 10.1 Å². The molecule has 2 fully saturated rings. The second-order valence-electron chi connectivity index (χ2n) is 8.90. The number of halogens is 1. The van der Waals surface area contributed by atoms with Crippen molar-refractivity contribution in [2.45, 2.75) is 25.2 Å². The van der Waals surface area contributed by atoms with E-state index in [9.17, 15) is 13.9 Å². The molecule has 3 heterocycles. The van der Waals surface area contributed by atoms with E-state index in [0.29, 0.717) is 22.7 Å². The van der Waals surface area contributed by atoms with Crippen LogP contribution in [0.3, 0.4) is 0 Å². The van der Waals surface area contributed by atoms with Crippen molar-refractivity contribution < 1.29 is 22.8 Å². The molecule has 5 rings (SSSR count). The standard InChI is InChI=1S/C24H24FN5O4S/c1-13-6-16(30-35(2,3)31)8-18-21(13)24(28-12-27-18)29-17-5-4-15(25)7-19(17)34-20-11-33-22-14(9-26)10-32-23(20)22/h4-8,12,14,20,22-23H,10-11H2,1-3H3,(H,27,28,29)/t14-,20+,22+,23+/m0/s1. The summed E-state index contributed by atoms with van der Waals surface area (Å²) in [6.07, 6.45) is 3.33. The van der Waals surface area contributed by atoms with Crippen molar-refractivity contribution in [1.29, 1.82) is 5.26 Å². The Morgan fingerprint density at radius 2 is 2.00 bits per heavy atom. The summed E-state index contributed by atoms with van der Waals surface area (Å²) in [6, 6.07) is 9.96. The number of hydrogen-bond donors (Lipinski definition) is 1. The van der Waals surface area contributed by atoms with Crippen LogP contribution in [0.5, 0.6) is 5.75 Å². The molecule has 4 atom stereocenters. The molecular formula is C24H24FN5O4S. The first-order chi connectivity index (χ1) is 16.7. The van der Waals surface area contributed by atoms with E-state index in [1.54, 1.807) is 24.6 Å². The van der Waals surface area contributed by atoms with Crippen LogP contribution in [0.1, 0.15) is 5.56 Å². The lowest BCUT2D eigenvalue weighted by molar-refractivity contribution is 0.0305. The lowest BCUT2D eigenvalue weighted by atomic mass is 10.0. The van der Waals surface area contributed by atoms with Gasteiger partial charge in [0.1, 0.15) is 35.9 Å². The Labute approximate surface area is 202 Å². The van der Waals surface area contributed by atoms with Gasteiger partial charge in [-0.2, -0.15) is 9.62 Å². The molecule has 0 radical (unpaired) electrons. The van der Waals surface area contributed by atoms with Crippen LogP contribution in [-0.2, 0) is 19.2 Å². The highest BCUT2D eigenvalue weighted by atomic mass is 32.2. The summed E-state index contributed by atoms with van der Waals surface area (Å²) < 4.78 is 48.2. The molecule has 0 spiro atoms. The highest BCUT2D eigenvalue weighted by Gasteiger charge is 2.49. The molecule has 2 aromatic carbocycles. The number of anilines is 2. The third-order valence-corrected chi connectivity index (χ3v) is 6.54. The molecule has 1 aromatic heterocycles. The van der Waals surface area contributed by atoms with Gasteiger partial charge in [0.15, 0.2) is 6.10 Å². The number of aromatic nitrogens is 2. The quantitative estimate of drug-likeness (QED) is 0.564. The second kappa shape index (κ2) is 9.03. The third-order valence-electron chi connectivity index (χ3n) is 5.89. The van der Waals surface area contributed by atoms with Crippen molar-refractivity contribution in [2.24, 2.45) is 10.3 Å². The van der Waals surface area contributed by atoms with Gasteiger partial charge in [-0.3, -0.25) is 0 Å². The minimum atomic E-state index is -2.33. The van der Waals surface area contributed by atoms with Gasteiger partial charge in [0.05, 0.1) is 42.1 Å². The summed E-state index contributed by atoms with van der Waals surface area (Å²) in [5, 5.41) is 13.3. The average Bonchev–Trinajstić information content (AvgIpc) is 3.37. The number of fused-ring (bicyclic) bond motifs is 2. The SMILES string of the molecule is Cc1cc(N=S(C)(C)=O)cc2ncnc(Nc3ccc(F)cc3O[C@@H]3CO[C@H]4[C@@H]3OC[C@@H]4C#N)c12. The fourth-order valence-electron chi connectivity index (χ4n) is 4.44. The van der Waals surface area contributed by atoms with Gasteiger partial charge < -0.3 is 19.5 Å². The van der Waals surface area contributed by atoms with Crippen molar-refractivity contribution in [3.05, 3.63) is 48.0 Å². The molecule has 1 N–H and O–H groups in total. The molecule has 182 valence electrons. The molecular weight excluding hydrogens is 473 g/mol. The smallest absolute Gasteiger partial charge is 0.151 e. The molecule has 0 bridgehead atoms. The van der Waals surface area contributed by atoms with E-state index in [1.165, 1.54) is 18.5 Å². The van der Waals surface area contributed by atoms with Crippen LogP contribution >= 0.6 is 0 Å². The molecule has 9 nitrogen and oxygen atoms in total. The molecule has 11 heteroatoms. The Morgan fingerprint density at radius 3 is 2.77 bits per heavy atom. The van der Waals surface area contributed by atoms with Gasteiger partial charge in [0, 0.05) is 33.7 Å². The monoisotopic (exact) mass is 497 g/mol. The van der Waals surface area contributed by atoms with E-state index in [0.717, 1.165) is 10.9 Å². The van der Waals surface area contributed by atoms with Crippen LogP contribution in [0.15, 0.2) is 41.0 Å². The molecule has 35 heavy (non-hydrogen) atoms. The fraction of sp³-hybridized carbons (Fsp3) is 0.375. The molecule has 3 aromatic rings. The van der Waals surface area contributed by atoms with Crippen molar-refractivity contribution in [3.63, 3.8) is 0 Å².